The SMILES string of the molecule is CCCCC(CC)CC(CCl)c1ccc(Br)cc1. The highest BCUT2D eigenvalue weighted by molar-refractivity contribution is 9.10. The summed E-state index contributed by atoms with van der Waals surface area (Å²) >= 11 is 9.65. The summed E-state index contributed by atoms with van der Waals surface area (Å²) in [4.78, 5) is 0. The molecule has 0 bridgehead atoms. The molecule has 0 spiro atoms. The first-order valence-corrected chi connectivity index (χ1v) is 8.35. The van der Waals surface area contributed by atoms with Crippen LogP contribution in [0.25, 0.3) is 0 Å². The van der Waals surface area contributed by atoms with Gasteiger partial charge in [0.2, 0.25) is 0 Å². The molecule has 0 amide bonds. The zero-order valence-electron chi connectivity index (χ0n) is 11.5. The van der Waals surface area contributed by atoms with E-state index in [1.807, 2.05) is 0 Å². The van der Waals surface area contributed by atoms with Crippen molar-refractivity contribution in [3.63, 3.8) is 0 Å². The van der Waals surface area contributed by atoms with Gasteiger partial charge in [-0.15, -0.1) is 11.6 Å². The lowest BCUT2D eigenvalue weighted by atomic mass is 9.86. The Morgan fingerprint density at radius 3 is 2.33 bits per heavy atom. The van der Waals surface area contributed by atoms with Crippen molar-refractivity contribution < 1.29 is 0 Å². The highest BCUT2D eigenvalue weighted by Crippen LogP contribution is 2.30. The van der Waals surface area contributed by atoms with Gasteiger partial charge < -0.3 is 0 Å². The highest BCUT2D eigenvalue weighted by Gasteiger charge is 2.16. The third kappa shape index (κ3) is 5.32. The van der Waals surface area contributed by atoms with E-state index in [0.717, 1.165) is 16.3 Å². The molecule has 18 heavy (non-hydrogen) atoms. The molecule has 102 valence electrons. The van der Waals surface area contributed by atoms with E-state index in [0.29, 0.717) is 5.92 Å². The van der Waals surface area contributed by atoms with Crippen molar-refractivity contribution in [1.82, 2.24) is 0 Å². The van der Waals surface area contributed by atoms with Crippen molar-refractivity contribution in [3.05, 3.63) is 34.3 Å². The summed E-state index contributed by atoms with van der Waals surface area (Å²) in [5, 5.41) is 0. The number of rotatable bonds is 8. The molecule has 1 aromatic carbocycles. The predicted molar refractivity (Wildman–Crippen MR) is 85.5 cm³/mol. The average molecular weight is 332 g/mol. The van der Waals surface area contributed by atoms with Crippen LogP contribution in [0.5, 0.6) is 0 Å². The molecule has 2 atom stereocenters. The van der Waals surface area contributed by atoms with Gasteiger partial charge in [-0.2, -0.15) is 0 Å². The molecule has 1 rings (SSSR count). The first-order chi connectivity index (χ1) is 8.71. The molecule has 0 saturated heterocycles. The quantitative estimate of drug-likeness (QED) is 0.485. The van der Waals surface area contributed by atoms with Crippen LogP contribution >= 0.6 is 27.5 Å². The maximum absolute atomic E-state index is 6.17. The molecule has 0 nitrogen and oxygen atoms in total. The Balaban J connectivity index is 2.62. The molecule has 2 unspecified atom stereocenters. The summed E-state index contributed by atoms with van der Waals surface area (Å²) in [5.74, 6) is 2.04. The Hall–Kier alpha value is -0.0100. The van der Waals surface area contributed by atoms with Crippen LogP contribution < -0.4 is 0 Å². The average Bonchev–Trinajstić information content (AvgIpc) is 2.40. The molecule has 2 heteroatoms. The van der Waals surface area contributed by atoms with E-state index in [2.05, 4.69) is 54.0 Å². The van der Waals surface area contributed by atoms with Gasteiger partial charge in [0.25, 0.3) is 0 Å². The van der Waals surface area contributed by atoms with Crippen LogP contribution in [0.2, 0.25) is 0 Å². The molecule has 0 saturated carbocycles. The van der Waals surface area contributed by atoms with Gasteiger partial charge >= 0.3 is 0 Å². The minimum absolute atomic E-state index is 0.501. The van der Waals surface area contributed by atoms with Gasteiger partial charge in [-0.3, -0.25) is 0 Å². The second kappa shape index (κ2) is 8.98. The van der Waals surface area contributed by atoms with Crippen molar-refractivity contribution >= 4 is 27.5 Å². The van der Waals surface area contributed by atoms with E-state index in [-0.39, 0.29) is 0 Å². The maximum Gasteiger partial charge on any atom is 0.0292 e. The molecule has 0 aliphatic heterocycles. The van der Waals surface area contributed by atoms with E-state index in [1.165, 1.54) is 37.7 Å². The standard InChI is InChI=1S/C16H24BrCl/c1-3-5-6-13(4-2)11-15(12-18)14-7-9-16(17)10-8-14/h7-10,13,15H,3-6,11-12H2,1-2H3. The second-order valence-corrected chi connectivity index (χ2v) is 6.28. The molecule has 0 heterocycles. The zero-order valence-corrected chi connectivity index (χ0v) is 13.8. The van der Waals surface area contributed by atoms with Crippen molar-refractivity contribution in [2.24, 2.45) is 5.92 Å². The Morgan fingerprint density at radius 2 is 1.83 bits per heavy atom. The number of halogens is 2. The molecule has 0 aliphatic rings. The summed E-state index contributed by atoms with van der Waals surface area (Å²) in [6, 6.07) is 8.62. The van der Waals surface area contributed by atoms with Crippen LogP contribution in [0, 0.1) is 5.92 Å². The number of hydrogen-bond donors (Lipinski definition) is 0. The Morgan fingerprint density at radius 1 is 1.17 bits per heavy atom. The van der Waals surface area contributed by atoms with Gasteiger partial charge in [-0.25, -0.2) is 0 Å². The third-order valence-corrected chi connectivity index (χ3v) is 4.59. The molecular weight excluding hydrogens is 308 g/mol. The third-order valence-electron chi connectivity index (χ3n) is 3.69. The number of benzene rings is 1. The molecular formula is C16H24BrCl. The number of unbranched alkanes of at least 4 members (excludes halogenated alkanes) is 1. The lowest BCUT2D eigenvalue weighted by molar-refractivity contribution is 0.396. The number of hydrogen-bond acceptors (Lipinski definition) is 0. The van der Waals surface area contributed by atoms with Crippen molar-refractivity contribution in [3.8, 4) is 0 Å². The molecule has 1 aromatic rings. The molecule has 0 aromatic heterocycles. The second-order valence-electron chi connectivity index (χ2n) is 5.05. The normalized spacial score (nSPS) is 14.4. The van der Waals surface area contributed by atoms with Crippen molar-refractivity contribution in [2.75, 3.05) is 5.88 Å². The molecule has 0 radical (unpaired) electrons. The van der Waals surface area contributed by atoms with E-state index < -0.39 is 0 Å². The van der Waals surface area contributed by atoms with Crippen LogP contribution in [0.3, 0.4) is 0 Å². The van der Waals surface area contributed by atoms with Gasteiger partial charge in [0.1, 0.15) is 0 Å². The minimum Gasteiger partial charge on any atom is -0.126 e. The maximum atomic E-state index is 6.17. The number of alkyl halides is 1. The van der Waals surface area contributed by atoms with Gasteiger partial charge in [0.15, 0.2) is 0 Å². The monoisotopic (exact) mass is 330 g/mol. The summed E-state index contributed by atoms with van der Waals surface area (Å²) < 4.78 is 1.14. The predicted octanol–water partition coefficient (Wildman–Crippen LogP) is 6.38. The van der Waals surface area contributed by atoms with E-state index >= 15 is 0 Å². The fraction of sp³-hybridized carbons (Fsp3) is 0.625. The lowest BCUT2D eigenvalue weighted by Crippen LogP contribution is -2.09. The van der Waals surface area contributed by atoms with Crippen molar-refractivity contribution in [1.29, 1.82) is 0 Å². The van der Waals surface area contributed by atoms with Gasteiger partial charge in [0.05, 0.1) is 0 Å². The van der Waals surface area contributed by atoms with Gasteiger partial charge in [0, 0.05) is 10.4 Å². The van der Waals surface area contributed by atoms with Crippen molar-refractivity contribution in [2.45, 2.75) is 51.9 Å². The molecule has 0 fully saturated rings. The van der Waals surface area contributed by atoms with Crippen LogP contribution in [-0.4, -0.2) is 5.88 Å². The first-order valence-electron chi connectivity index (χ1n) is 7.02. The fourth-order valence-electron chi connectivity index (χ4n) is 2.41. The van der Waals surface area contributed by atoms with Crippen LogP contribution in [0.15, 0.2) is 28.7 Å². The summed E-state index contributed by atoms with van der Waals surface area (Å²) in [6.07, 6.45) is 6.47. The molecule has 0 N–H and O–H groups in total. The fourth-order valence-corrected chi connectivity index (χ4v) is 2.98. The molecule has 0 aliphatic carbocycles. The van der Waals surface area contributed by atoms with Crippen LogP contribution in [0.4, 0.5) is 0 Å². The highest BCUT2D eigenvalue weighted by atomic mass is 79.9. The van der Waals surface area contributed by atoms with Crippen LogP contribution in [0.1, 0.15) is 57.4 Å². The summed E-state index contributed by atoms with van der Waals surface area (Å²) in [5.41, 5.74) is 1.38. The van der Waals surface area contributed by atoms with Gasteiger partial charge in [-0.1, -0.05) is 67.6 Å². The largest absolute Gasteiger partial charge is 0.126 e. The van der Waals surface area contributed by atoms with Crippen LogP contribution in [-0.2, 0) is 0 Å². The van der Waals surface area contributed by atoms with E-state index in [1.54, 1.807) is 0 Å². The first kappa shape index (κ1) is 16.0. The van der Waals surface area contributed by atoms with Gasteiger partial charge in [-0.05, 0) is 36.0 Å². The summed E-state index contributed by atoms with van der Waals surface area (Å²) in [7, 11) is 0. The Bertz CT molecular complexity index is 320. The van der Waals surface area contributed by atoms with E-state index in [9.17, 15) is 0 Å². The minimum atomic E-state index is 0.501. The lowest BCUT2D eigenvalue weighted by Gasteiger charge is -2.21. The zero-order chi connectivity index (χ0) is 13.4. The topological polar surface area (TPSA) is 0 Å². The Kier molecular flexibility index (Phi) is 8.01. The summed E-state index contributed by atoms with van der Waals surface area (Å²) in [6.45, 7) is 4.56. The van der Waals surface area contributed by atoms with E-state index in [4.69, 9.17) is 11.6 Å². The Labute approximate surface area is 125 Å². The smallest absolute Gasteiger partial charge is 0.0292 e.